The topological polar surface area (TPSA) is 40.5 Å². The van der Waals surface area contributed by atoms with Gasteiger partial charge in [-0.05, 0) is 6.92 Å². The largest absolute Gasteiger partial charge is 0.394 e. The Bertz CT molecular complexity index is 22.8. The van der Waals surface area contributed by atoms with E-state index in [1.54, 1.807) is 0 Å². The molecule has 0 saturated heterocycles. The zero-order chi connectivity index (χ0) is 4.28. The van der Waals surface area contributed by atoms with Crippen molar-refractivity contribution < 1.29 is 27.0 Å². The zero-order valence-electron chi connectivity index (χ0n) is 3.51. The molecule has 0 saturated carbocycles. The van der Waals surface area contributed by atoms with Crippen LogP contribution in [0.1, 0.15) is 6.92 Å². The fraction of sp³-hybridized carbons (Fsp3) is 1.00. The molecule has 0 rings (SSSR count). The van der Waals surface area contributed by atoms with E-state index < -0.39 is 6.10 Å². The molecule has 2 nitrogen and oxygen atoms in total. The van der Waals surface area contributed by atoms with E-state index in [1.165, 1.54) is 6.92 Å². The molecular weight excluding hydrogens is 127 g/mol. The van der Waals surface area contributed by atoms with Crippen LogP contribution in [0.3, 0.4) is 0 Å². The Morgan fingerprint density at radius 1 is 1.67 bits per heavy atom. The molecule has 1 unspecified atom stereocenters. The van der Waals surface area contributed by atoms with Gasteiger partial charge in [-0.25, -0.2) is 0 Å². The van der Waals surface area contributed by atoms with E-state index in [2.05, 4.69) is 0 Å². The standard InChI is InChI=1S/C3H8O2.Co/c1-3(5)2-4;/h3-5H,2H2,1H3;. The molecule has 0 heterocycles. The van der Waals surface area contributed by atoms with Crippen molar-refractivity contribution in [2.75, 3.05) is 6.61 Å². The Labute approximate surface area is 47.4 Å². The molecule has 0 amide bonds. The molecule has 0 aromatic rings. The normalized spacial score (nSPS) is 12.5. The van der Waals surface area contributed by atoms with Gasteiger partial charge in [0, 0.05) is 16.8 Å². The van der Waals surface area contributed by atoms with E-state index in [1.807, 2.05) is 0 Å². The summed E-state index contributed by atoms with van der Waals surface area (Å²) in [6.07, 6.45) is -0.560. The van der Waals surface area contributed by atoms with E-state index in [0.717, 1.165) is 0 Å². The number of aliphatic hydroxyl groups excluding tert-OH is 2. The summed E-state index contributed by atoms with van der Waals surface area (Å²) in [6.45, 7) is 1.39. The fourth-order valence-corrected chi connectivity index (χ4v) is 0. The maximum atomic E-state index is 8.11. The van der Waals surface area contributed by atoms with Gasteiger partial charge in [-0.3, -0.25) is 0 Å². The second-order valence-corrected chi connectivity index (χ2v) is 1.03. The molecule has 0 aliphatic carbocycles. The molecule has 0 aliphatic rings. The van der Waals surface area contributed by atoms with Gasteiger partial charge < -0.3 is 10.2 Å². The molecule has 0 aromatic carbocycles. The van der Waals surface area contributed by atoms with Crippen LogP contribution in [-0.4, -0.2) is 22.9 Å². The number of hydrogen-bond donors (Lipinski definition) is 2. The van der Waals surface area contributed by atoms with Crippen LogP contribution in [0.25, 0.3) is 0 Å². The molecule has 0 spiro atoms. The second kappa shape index (κ2) is 5.43. The van der Waals surface area contributed by atoms with Gasteiger partial charge in [-0.1, -0.05) is 0 Å². The van der Waals surface area contributed by atoms with Gasteiger partial charge in [0.05, 0.1) is 12.7 Å². The first-order chi connectivity index (χ1) is 2.27. The van der Waals surface area contributed by atoms with Crippen LogP contribution in [0.5, 0.6) is 0 Å². The Morgan fingerprint density at radius 3 is 1.83 bits per heavy atom. The first kappa shape index (κ1) is 9.66. The summed E-state index contributed by atoms with van der Waals surface area (Å²) >= 11 is 0. The minimum atomic E-state index is -0.560. The summed E-state index contributed by atoms with van der Waals surface area (Å²) in [5.74, 6) is 0. The minimum absolute atomic E-state index is 0. The van der Waals surface area contributed by atoms with E-state index in [0.29, 0.717) is 0 Å². The van der Waals surface area contributed by atoms with Gasteiger partial charge >= 0.3 is 0 Å². The molecule has 0 bridgehead atoms. The van der Waals surface area contributed by atoms with Crippen LogP contribution in [0.4, 0.5) is 0 Å². The van der Waals surface area contributed by atoms with E-state index in [9.17, 15) is 0 Å². The van der Waals surface area contributed by atoms with Gasteiger partial charge in [0.2, 0.25) is 0 Å². The molecule has 6 heavy (non-hydrogen) atoms. The summed E-state index contributed by atoms with van der Waals surface area (Å²) in [4.78, 5) is 0. The van der Waals surface area contributed by atoms with Gasteiger partial charge in [-0.2, -0.15) is 0 Å². The van der Waals surface area contributed by atoms with Crippen LogP contribution in [0.15, 0.2) is 0 Å². The maximum absolute atomic E-state index is 8.11. The van der Waals surface area contributed by atoms with Gasteiger partial charge in [0.25, 0.3) is 0 Å². The third kappa shape index (κ3) is 8.83. The fourth-order valence-electron chi connectivity index (χ4n) is 0. The van der Waals surface area contributed by atoms with Crippen molar-refractivity contribution >= 4 is 0 Å². The second-order valence-electron chi connectivity index (χ2n) is 1.03. The van der Waals surface area contributed by atoms with Crippen LogP contribution >= 0.6 is 0 Å². The summed E-state index contributed by atoms with van der Waals surface area (Å²) in [7, 11) is 0. The third-order valence-corrected chi connectivity index (χ3v) is 0.264. The van der Waals surface area contributed by atoms with Crippen LogP contribution in [-0.2, 0) is 16.8 Å². The van der Waals surface area contributed by atoms with Gasteiger partial charge in [0.1, 0.15) is 0 Å². The predicted octanol–water partition coefficient (Wildman–Crippen LogP) is -0.643. The first-order valence-electron chi connectivity index (χ1n) is 1.56. The SMILES string of the molecule is CC(O)CO.[Co]. The molecule has 1 atom stereocenters. The van der Waals surface area contributed by atoms with Crippen LogP contribution < -0.4 is 0 Å². The van der Waals surface area contributed by atoms with Crippen molar-refractivity contribution in [1.29, 1.82) is 0 Å². The summed E-state index contributed by atoms with van der Waals surface area (Å²) in [5, 5.41) is 16.0. The Morgan fingerprint density at radius 2 is 1.83 bits per heavy atom. The Kier molecular flexibility index (Phi) is 8.73. The van der Waals surface area contributed by atoms with Crippen molar-refractivity contribution in [3.63, 3.8) is 0 Å². The summed E-state index contributed by atoms with van der Waals surface area (Å²) < 4.78 is 0. The zero-order valence-corrected chi connectivity index (χ0v) is 4.55. The van der Waals surface area contributed by atoms with Crippen LogP contribution in [0.2, 0.25) is 0 Å². The van der Waals surface area contributed by atoms with Crippen molar-refractivity contribution in [2.45, 2.75) is 13.0 Å². The van der Waals surface area contributed by atoms with Crippen molar-refractivity contribution in [1.82, 2.24) is 0 Å². The van der Waals surface area contributed by atoms with Crippen LogP contribution in [0, 0.1) is 0 Å². The van der Waals surface area contributed by atoms with Crippen molar-refractivity contribution in [2.24, 2.45) is 0 Å². The van der Waals surface area contributed by atoms with E-state index in [4.69, 9.17) is 10.2 Å². The molecule has 1 radical (unpaired) electrons. The molecule has 0 aliphatic heterocycles. The molecule has 41 valence electrons. The number of hydrogen-bond acceptors (Lipinski definition) is 2. The molecular formula is C3H8CoO2. The minimum Gasteiger partial charge on any atom is -0.394 e. The Balaban J connectivity index is 0. The maximum Gasteiger partial charge on any atom is 0.0742 e. The van der Waals surface area contributed by atoms with Crippen molar-refractivity contribution in [3.05, 3.63) is 0 Å². The summed E-state index contributed by atoms with van der Waals surface area (Å²) in [5.41, 5.74) is 0. The smallest absolute Gasteiger partial charge is 0.0742 e. The first-order valence-corrected chi connectivity index (χ1v) is 1.56. The quantitative estimate of drug-likeness (QED) is 0.501. The third-order valence-electron chi connectivity index (χ3n) is 0.264. The van der Waals surface area contributed by atoms with Gasteiger partial charge in [-0.15, -0.1) is 0 Å². The van der Waals surface area contributed by atoms with Crippen molar-refractivity contribution in [3.8, 4) is 0 Å². The Hall–Kier alpha value is 0.426. The average Bonchev–Trinajstić information content (AvgIpc) is 1.38. The van der Waals surface area contributed by atoms with Gasteiger partial charge in [0.15, 0.2) is 0 Å². The number of aliphatic hydroxyl groups is 2. The number of rotatable bonds is 1. The van der Waals surface area contributed by atoms with E-state index >= 15 is 0 Å². The average molecular weight is 135 g/mol. The molecule has 0 fully saturated rings. The monoisotopic (exact) mass is 135 g/mol. The summed E-state index contributed by atoms with van der Waals surface area (Å²) in [6, 6.07) is 0. The molecule has 3 heteroatoms. The predicted molar refractivity (Wildman–Crippen MR) is 18.8 cm³/mol. The van der Waals surface area contributed by atoms with E-state index in [-0.39, 0.29) is 23.4 Å². The molecule has 2 N–H and O–H groups in total. The molecule has 0 aromatic heterocycles.